The van der Waals surface area contributed by atoms with Gasteiger partial charge >= 0.3 is 0 Å². The number of anilines is 1. The third-order valence-corrected chi connectivity index (χ3v) is 4.71. The highest BCUT2D eigenvalue weighted by atomic mass is 32.2. The van der Waals surface area contributed by atoms with Crippen LogP contribution in [-0.2, 0) is 14.4 Å². The van der Waals surface area contributed by atoms with Crippen molar-refractivity contribution in [1.29, 1.82) is 0 Å². The molecule has 134 valence electrons. The fourth-order valence-corrected chi connectivity index (χ4v) is 3.28. The first kappa shape index (κ1) is 18.5. The number of rotatable bonds is 6. The van der Waals surface area contributed by atoms with Crippen LogP contribution in [0.5, 0.6) is 5.75 Å². The van der Waals surface area contributed by atoms with Gasteiger partial charge in [-0.1, -0.05) is 0 Å². The van der Waals surface area contributed by atoms with Crippen LogP contribution < -0.4 is 20.5 Å². The number of methoxy groups -OCH3 is 1. The molecule has 0 aliphatic carbocycles. The van der Waals surface area contributed by atoms with Crippen LogP contribution >= 0.6 is 11.8 Å². The Labute approximate surface area is 146 Å². The van der Waals surface area contributed by atoms with Gasteiger partial charge in [-0.05, 0) is 6.07 Å². The molecule has 2 N–H and O–H groups in total. The van der Waals surface area contributed by atoms with Crippen molar-refractivity contribution in [1.82, 2.24) is 5.32 Å². The van der Waals surface area contributed by atoms with Crippen LogP contribution in [-0.4, -0.2) is 46.9 Å². The van der Waals surface area contributed by atoms with Gasteiger partial charge in [0, 0.05) is 24.3 Å². The summed E-state index contributed by atoms with van der Waals surface area (Å²) in [5, 5.41) is 25.5. The van der Waals surface area contributed by atoms with Gasteiger partial charge in [-0.2, -0.15) is 0 Å². The highest BCUT2D eigenvalue weighted by Crippen LogP contribution is 2.29. The SMILES string of the molecule is COc1ccc([N+](=O)[O-])cc1NC(=O)C[C@@H]1SC[C@@H](C(=O)[O-])NC1=O. The van der Waals surface area contributed by atoms with Crippen LogP contribution in [0.1, 0.15) is 6.42 Å². The summed E-state index contributed by atoms with van der Waals surface area (Å²) in [4.78, 5) is 44.9. The highest BCUT2D eigenvalue weighted by Gasteiger charge is 2.31. The molecule has 0 unspecified atom stereocenters. The Kier molecular flexibility index (Phi) is 5.80. The average Bonchev–Trinajstić information content (AvgIpc) is 2.56. The highest BCUT2D eigenvalue weighted by molar-refractivity contribution is 8.00. The molecule has 2 rings (SSSR count). The Bertz CT molecular complexity index is 724. The predicted molar refractivity (Wildman–Crippen MR) is 86.1 cm³/mol. The quantitative estimate of drug-likeness (QED) is 0.493. The van der Waals surface area contributed by atoms with Gasteiger partial charge in [-0.15, -0.1) is 11.8 Å². The Hall–Kier alpha value is -2.82. The lowest BCUT2D eigenvalue weighted by molar-refractivity contribution is -0.384. The number of nitrogens with zero attached hydrogens (tertiary/aromatic N) is 1. The van der Waals surface area contributed by atoms with E-state index in [2.05, 4.69) is 10.6 Å². The maximum Gasteiger partial charge on any atom is 0.271 e. The van der Waals surface area contributed by atoms with E-state index >= 15 is 0 Å². The fraction of sp³-hybridized carbons (Fsp3) is 0.357. The molecule has 25 heavy (non-hydrogen) atoms. The molecule has 1 aliphatic heterocycles. The Morgan fingerprint density at radius 3 is 2.76 bits per heavy atom. The van der Waals surface area contributed by atoms with E-state index in [0.717, 1.165) is 17.8 Å². The standard InChI is InChI=1S/C14H15N3O7S/c1-24-10-3-2-7(17(22)23)4-8(10)15-12(18)5-11-13(19)16-9(6-25-11)14(20)21/h2-4,9,11H,5-6H2,1H3,(H,15,18)(H,16,19)(H,20,21)/p-1/t9-,11-/m0/s1. The van der Waals surface area contributed by atoms with Gasteiger partial charge in [0.05, 0.1) is 35.0 Å². The predicted octanol–water partition coefficient (Wildman–Crippen LogP) is -0.718. The maximum atomic E-state index is 12.1. The van der Waals surface area contributed by atoms with Crippen molar-refractivity contribution in [3.8, 4) is 5.75 Å². The fourth-order valence-electron chi connectivity index (χ4n) is 2.15. The van der Waals surface area contributed by atoms with Crippen molar-refractivity contribution in [2.45, 2.75) is 17.7 Å². The van der Waals surface area contributed by atoms with Crippen LogP contribution in [0.2, 0.25) is 0 Å². The van der Waals surface area contributed by atoms with E-state index in [1.807, 2.05) is 0 Å². The minimum atomic E-state index is -1.38. The minimum absolute atomic E-state index is 0.0894. The lowest BCUT2D eigenvalue weighted by Gasteiger charge is -2.29. The summed E-state index contributed by atoms with van der Waals surface area (Å²) in [6, 6.07) is 2.64. The summed E-state index contributed by atoms with van der Waals surface area (Å²) in [7, 11) is 1.35. The van der Waals surface area contributed by atoms with Crippen LogP contribution in [0.4, 0.5) is 11.4 Å². The molecule has 1 aromatic carbocycles. The minimum Gasteiger partial charge on any atom is -0.548 e. The average molecular weight is 368 g/mol. The molecule has 2 amide bonds. The molecule has 1 aliphatic rings. The topological polar surface area (TPSA) is 151 Å². The van der Waals surface area contributed by atoms with Crippen molar-refractivity contribution in [3.05, 3.63) is 28.3 Å². The van der Waals surface area contributed by atoms with Crippen molar-refractivity contribution in [3.63, 3.8) is 0 Å². The zero-order chi connectivity index (χ0) is 18.6. The molecule has 1 aromatic rings. The number of thioether (sulfide) groups is 1. The molecule has 10 nitrogen and oxygen atoms in total. The molecule has 1 fully saturated rings. The lowest BCUT2D eigenvalue weighted by atomic mass is 10.2. The second kappa shape index (κ2) is 7.83. The molecule has 0 spiro atoms. The number of nitro benzene ring substituents is 1. The number of non-ortho nitro benzene ring substituents is 1. The third-order valence-electron chi connectivity index (χ3n) is 3.40. The summed E-state index contributed by atoms with van der Waals surface area (Å²) < 4.78 is 5.04. The monoisotopic (exact) mass is 368 g/mol. The number of aliphatic carboxylic acids is 1. The van der Waals surface area contributed by atoms with Gasteiger partial charge in [-0.25, -0.2) is 0 Å². The number of carbonyl (C=O) groups is 3. The van der Waals surface area contributed by atoms with Gasteiger partial charge in [0.15, 0.2) is 0 Å². The molecular formula is C14H14N3O7S-. The van der Waals surface area contributed by atoms with E-state index in [0.29, 0.717) is 0 Å². The van der Waals surface area contributed by atoms with Crippen LogP contribution in [0, 0.1) is 10.1 Å². The van der Waals surface area contributed by atoms with Gasteiger partial charge in [0.2, 0.25) is 11.8 Å². The molecular weight excluding hydrogens is 354 g/mol. The normalized spacial score (nSPS) is 19.6. The number of benzene rings is 1. The van der Waals surface area contributed by atoms with Crippen molar-refractivity contribution >= 4 is 40.9 Å². The lowest BCUT2D eigenvalue weighted by Crippen LogP contribution is -2.55. The molecule has 0 radical (unpaired) electrons. The maximum absolute atomic E-state index is 12.1. The Balaban J connectivity index is 2.03. The summed E-state index contributed by atoms with van der Waals surface area (Å²) in [6.07, 6.45) is -0.220. The van der Waals surface area contributed by atoms with E-state index in [4.69, 9.17) is 4.74 Å². The van der Waals surface area contributed by atoms with Gasteiger partial charge in [-0.3, -0.25) is 19.7 Å². The number of amides is 2. The zero-order valence-electron chi connectivity index (χ0n) is 13.0. The number of hydrogen-bond donors (Lipinski definition) is 2. The van der Waals surface area contributed by atoms with E-state index in [-0.39, 0.29) is 29.3 Å². The summed E-state index contributed by atoms with van der Waals surface area (Å²) >= 11 is 1.03. The van der Waals surface area contributed by atoms with Gasteiger partial charge < -0.3 is 25.3 Å². The third kappa shape index (κ3) is 4.59. The van der Waals surface area contributed by atoms with Gasteiger partial charge in [0.1, 0.15) is 5.75 Å². The first-order chi connectivity index (χ1) is 11.8. The molecule has 11 heteroatoms. The molecule has 0 bridgehead atoms. The Morgan fingerprint density at radius 2 is 2.20 bits per heavy atom. The zero-order valence-corrected chi connectivity index (χ0v) is 13.8. The summed E-state index contributed by atoms with van der Waals surface area (Å²) in [5.41, 5.74) is -0.117. The van der Waals surface area contributed by atoms with E-state index in [1.165, 1.54) is 19.2 Å². The number of nitrogens with one attached hydrogen (secondary N) is 2. The number of carboxylic acid groups (broad SMARTS) is 1. The molecule has 2 atom stereocenters. The largest absolute Gasteiger partial charge is 0.548 e. The second-order valence-electron chi connectivity index (χ2n) is 5.10. The molecule has 1 saturated heterocycles. The van der Waals surface area contributed by atoms with Crippen molar-refractivity contribution < 1.29 is 29.2 Å². The summed E-state index contributed by atoms with van der Waals surface area (Å²) in [5.74, 6) is -2.20. The number of ether oxygens (including phenoxy) is 1. The van der Waals surface area contributed by atoms with Crippen LogP contribution in [0.3, 0.4) is 0 Å². The first-order valence-corrected chi connectivity index (χ1v) is 8.11. The van der Waals surface area contributed by atoms with Crippen molar-refractivity contribution in [2.24, 2.45) is 0 Å². The number of carbonyl (C=O) groups excluding carboxylic acids is 3. The smallest absolute Gasteiger partial charge is 0.271 e. The van der Waals surface area contributed by atoms with E-state index < -0.39 is 34.0 Å². The van der Waals surface area contributed by atoms with E-state index in [1.54, 1.807) is 0 Å². The Morgan fingerprint density at radius 1 is 1.48 bits per heavy atom. The number of carboxylic acids is 1. The van der Waals surface area contributed by atoms with Crippen molar-refractivity contribution in [2.75, 3.05) is 18.2 Å². The number of nitro groups is 1. The molecule has 0 saturated carbocycles. The van der Waals surface area contributed by atoms with Gasteiger partial charge in [0.25, 0.3) is 5.69 Å². The van der Waals surface area contributed by atoms with Crippen LogP contribution in [0.15, 0.2) is 18.2 Å². The molecule has 1 heterocycles. The van der Waals surface area contributed by atoms with E-state index in [9.17, 15) is 29.6 Å². The molecule has 0 aromatic heterocycles. The summed E-state index contributed by atoms with van der Waals surface area (Å²) in [6.45, 7) is 0. The van der Waals surface area contributed by atoms with Crippen LogP contribution in [0.25, 0.3) is 0 Å². The second-order valence-corrected chi connectivity index (χ2v) is 6.33. The number of hydrogen-bond acceptors (Lipinski definition) is 8. The first-order valence-electron chi connectivity index (χ1n) is 7.07.